The molecule has 0 spiro atoms. The van der Waals surface area contributed by atoms with Crippen LogP contribution in [0.5, 0.6) is 0 Å². The Kier molecular flexibility index (Phi) is 5.93. The molecule has 0 saturated carbocycles. The molecule has 1 aromatic carbocycles. The number of hydrogen-bond donors (Lipinski definition) is 1. The minimum atomic E-state index is 0.433. The van der Waals surface area contributed by atoms with E-state index in [0.717, 1.165) is 5.92 Å². The molecule has 1 N–H and O–H groups in total. The average Bonchev–Trinajstić information content (AvgIpc) is 2.28. The second kappa shape index (κ2) is 6.97. The second-order valence-corrected chi connectivity index (χ2v) is 5.72. The van der Waals surface area contributed by atoms with Gasteiger partial charge in [0.1, 0.15) is 0 Å². The van der Waals surface area contributed by atoms with Crippen LogP contribution in [0.1, 0.15) is 38.8 Å². The molecule has 2 heteroatoms. The van der Waals surface area contributed by atoms with Gasteiger partial charge in [0, 0.05) is 10.9 Å². The van der Waals surface area contributed by atoms with E-state index < -0.39 is 0 Å². The first-order valence-corrected chi connectivity index (χ1v) is 7.02. The molecule has 0 aliphatic carbocycles. The zero-order chi connectivity index (χ0) is 12.0. The fraction of sp³-hybridized carbons (Fsp3) is 0.571. The lowest BCUT2D eigenvalue weighted by atomic mass is 10.1. The normalized spacial score (nSPS) is 13.1. The molecule has 0 saturated heterocycles. The Bertz CT molecular complexity index is 309. The van der Waals surface area contributed by atoms with Crippen LogP contribution in [0.3, 0.4) is 0 Å². The van der Waals surface area contributed by atoms with Gasteiger partial charge >= 0.3 is 0 Å². The van der Waals surface area contributed by atoms with Gasteiger partial charge in [-0.05, 0) is 43.7 Å². The largest absolute Gasteiger partial charge is 0.313 e. The Balaban J connectivity index is 2.64. The summed E-state index contributed by atoms with van der Waals surface area (Å²) in [6, 6.07) is 9.13. The molecule has 0 radical (unpaired) electrons. The molecule has 0 amide bonds. The fourth-order valence-electron chi connectivity index (χ4n) is 1.53. The van der Waals surface area contributed by atoms with E-state index in [4.69, 9.17) is 0 Å². The maximum Gasteiger partial charge on any atom is 0.0300 e. The topological polar surface area (TPSA) is 12.0 Å². The van der Waals surface area contributed by atoms with Crippen LogP contribution in [-0.2, 0) is 0 Å². The quantitative estimate of drug-likeness (QED) is 0.747. The maximum atomic E-state index is 3.31. The SMILES string of the molecule is CNC(C)c1ccccc1SCCC(C)C. The summed E-state index contributed by atoms with van der Waals surface area (Å²) in [7, 11) is 2.01. The van der Waals surface area contributed by atoms with Gasteiger partial charge in [0.2, 0.25) is 0 Å². The average molecular weight is 237 g/mol. The van der Waals surface area contributed by atoms with Crippen molar-refractivity contribution in [2.45, 2.75) is 38.1 Å². The molecule has 1 unspecified atom stereocenters. The molecular weight excluding hydrogens is 214 g/mol. The Labute approximate surface area is 104 Å². The van der Waals surface area contributed by atoms with Gasteiger partial charge < -0.3 is 5.32 Å². The monoisotopic (exact) mass is 237 g/mol. The Morgan fingerprint density at radius 3 is 2.50 bits per heavy atom. The van der Waals surface area contributed by atoms with E-state index in [1.165, 1.54) is 22.6 Å². The molecule has 1 rings (SSSR count). The lowest BCUT2D eigenvalue weighted by molar-refractivity contribution is 0.630. The first-order chi connectivity index (χ1) is 7.65. The van der Waals surface area contributed by atoms with Gasteiger partial charge in [0.25, 0.3) is 0 Å². The van der Waals surface area contributed by atoms with E-state index in [-0.39, 0.29) is 0 Å². The van der Waals surface area contributed by atoms with Crippen molar-refractivity contribution in [3.63, 3.8) is 0 Å². The van der Waals surface area contributed by atoms with Crippen molar-refractivity contribution < 1.29 is 0 Å². The molecule has 90 valence electrons. The molecule has 0 bridgehead atoms. The number of benzene rings is 1. The van der Waals surface area contributed by atoms with Gasteiger partial charge in [-0.3, -0.25) is 0 Å². The summed E-state index contributed by atoms with van der Waals surface area (Å²) in [4.78, 5) is 1.42. The molecule has 0 aliphatic heterocycles. The van der Waals surface area contributed by atoms with Crippen LogP contribution >= 0.6 is 11.8 Å². The standard InChI is InChI=1S/C14H23NS/c1-11(2)9-10-16-14-8-6-5-7-13(14)12(3)15-4/h5-8,11-12,15H,9-10H2,1-4H3. The molecule has 1 aromatic rings. The summed E-state index contributed by atoms with van der Waals surface area (Å²) < 4.78 is 0. The first-order valence-electron chi connectivity index (χ1n) is 6.04. The minimum absolute atomic E-state index is 0.433. The van der Waals surface area contributed by atoms with Crippen LogP contribution in [0.25, 0.3) is 0 Å². The van der Waals surface area contributed by atoms with E-state index in [1.54, 1.807) is 0 Å². The lowest BCUT2D eigenvalue weighted by Crippen LogP contribution is -2.13. The van der Waals surface area contributed by atoms with Gasteiger partial charge in [-0.25, -0.2) is 0 Å². The number of nitrogens with one attached hydrogen (secondary N) is 1. The third-order valence-corrected chi connectivity index (χ3v) is 3.89. The van der Waals surface area contributed by atoms with Crippen molar-refractivity contribution in [1.82, 2.24) is 5.32 Å². The molecule has 0 heterocycles. The van der Waals surface area contributed by atoms with Gasteiger partial charge in [-0.15, -0.1) is 11.8 Å². The van der Waals surface area contributed by atoms with Crippen LogP contribution in [0.4, 0.5) is 0 Å². The highest BCUT2D eigenvalue weighted by Crippen LogP contribution is 2.28. The van der Waals surface area contributed by atoms with Crippen molar-refractivity contribution in [1.29, 1.82) is 0 Å². The lowest BCUT2D eigenvalue weighted by Gasteiger charge is -2.15. The summed E-state index contributed by atoms with van der Waals surface area (Å²) in [5, 5.41) is 3.31. The zero-order valence-corrected chi connectivity index (χ0v) is 11.6. The van der Waals surface area contributed by atoms with E-state index in [2.05, 4.69) is 50.4 Å². The summed E-state index contributed by atoms with van der Waals surface area (Å²) in [5.41, 5.74) is 1.42. The Hall–Kier alpha value is -0.470. The third kappa shape index (κ3) is 4.18. The number of thioether (sulfide) groups is 1. The molecule has 0 aliphatic rings. The van der Waals surface area contributed by atoms with Crippen molar-refractivity contribution in [3.05, 3.63) is 29.8 Å². The van der Waals surface area contributed by atoms with Crippen molar-refractivity contribution in [2.24, 2.45) is 5.92 Å². The summed E-state index contributed by atoms with van der Waals surface area (Å²) in [6.45, 7) is 6.77. The van der Waals surface area contributed by atoms with Gasteiger partial charge in [0.05, 0.1) is 0 Å². The fourth-order valence-corrected chi connectivity index (χ4v) is 2.93. The van der Waals surface area contributed by atoms with E-state index in [1.807, 2.05) is 18.8 Å². The first kappa shape index (κ1) is 13.6. The van der Waals surface area contributed by atoms with Gasteiger partial charge in [0.15, 0.2) is 0 Å². The smallest absolute Gasteiger partial charge is 0.0300 e. The van der Waals surface area contributed by atoms with Crippen LogP contribution in [0.15, 0.2) is 29.2 Å². The molecule has 1 atom stereocenters. The number of rotatable bonds is 6. The summed E-state index contributed by atoms with van der Waals surface area (Å²) in [5.74, 6) is 2.01. The molecule has 0 aromatic heterocycles. The predicted molar refractivity (Wildman–Crippen MR) is 74.1 cm³/mol. The summed E-state index contributed by atoms with van der Waals surface area (Å²) in [6.07, 6.45) is 1.28. The van der Waals surface area contributed by atoms with E-state index in [0.29, 0.717) is 6.04 Å². The van der Waals surface area contributed by atoms with Crippen LogP contribution in [-0.4, -0.2) is 12.8 Å². The van der Waals surface area contributed by atoms with Crippen molar-refractivity contribution in [2.75, 3.05) is 12.8 Å². The highest BCUT2D eigenvalue weighted by atomic mass is 32.2. The van der Waals surface area contributed by atoms with Gasteiger partial charge in [-0.2, -0.15) is 0 Å². The zero-order valence-electron chi connectivity index (χ0n) is 10.8. The maximum absolute atomic E-state index is 3.31. The molecule has 1 nitrogen and oxygen atoms in total. The molecule has 16 heavy (non-hydrogen) atoms. The molecular formula is C14H23NS. The summed E-state index contributed by atoms with van der Waals surface area (Å²) >= 11 is 1.98. The second-order valence-electron chi connectivity index (χ2n) is 4.58. The van der Waals surface area contributed by atoms with Crippen LogP contribution in [0, 0.1) is 5.92 Å². The van der Waals surface area contributed by atoms with E-state index in [9.17, 15) is 0 Å². The third-order valence-electron chi connectivity index (χ3n) is 2.77. The van der Waals surface area contributed by atoms with E-state index >= 15 is 0 Å². The predicted octanol–water partition coefficient (Wildman–Crippen LogP) is 4.11. The van der Waals surface area contributed by atoms with Crippen LogP contribution in [0.2, 0.25) is 0 Å². The molecule has 0 fully saturated rings. The van der Waals surface area contributed by atoms with Crippen molar-refractivity contribution in [3.8, 4) is 0 Å². The highest BCUT2D eigenvalue weighted by Gasteiger charge is 2.08. The Morgan fingerprint density at radius 1 is 1.19 bits per heavy atom. The van der Waals surface area contributed by atoms with Crippen molar-refractivity contribution >= 4 is 11.8 Å². The van der Waals surface area contributed by atoms with Crippen LogP contribution < -0.4 is 5.32 Å². The highest BCUT2D eigenvalue weighted by molar-refractivity contribution is 7.99. The minimum Gasteiger partial charge on any atom is -0.313 e. The number of hydrogen-bond acceptors (Lipinski definition) is 2. The Morgan fingerprint density at radius 2 is 1.88 bits per heavy atom. The van der Waals surface area contributed by atoms with Gasteiger partial charge in [-0.1, -0.05) is 32.0 Å².